The third-order valence-corrected chi connectivity index (χ3v) is 16.0. The van der Waals surface area contributed by atoms with E-state index in [-0.39, 0.29) is 57.0 Å². The number of hydrogen-bond donors (Lipinski definition) is 5. The van der Waals surface area contributed by atoms with Gasteiger partial charge in [-0.15, -0.1) is 0 Å². The molecule has 4 rings (SSSR count). The highest BCUT2D eigenvalue weighted by Gasteiger charge is 2.46. The number of esters is 2. The Balaban J connectivity index is 1.90. The molecule has 14 atom stereocenters. The maximum atomic E-state index is 15.0. The van der Waals surface area contributed by atoms with Gasteiger partial charge in [-0.3, -0.25) is 43.2 Å². The minimum atomic E-state index is -1.76. The molecule has 0 saturated carbocycles. The van der Waals surface area contributed by atoms with Crippen LogP contribution in [0.5, 0.6) is 5.75 Å². The maximum absolute atomic E-state index is 15.0. The molecule has 3 saturated heterocycles. The normalized spacial score (nSPS) is 27.8. The Labute approximate surface area is 472 Å². The number of nitrogens with zero attached hydrogens (tertiary/aromatic N) is 4. The van der Waals surface area contributed by atoms with Crippen LogP contribution in [0.4, 0.5) is 0 Å². The van der Waals surface area contributed by atoms with Crippen LogP contribution in [0.3, 0.4) is 0 Å². The number of aliphatic hydroxyl groups excluding tert-OH is 2. The van der Waals surface area contributed by atoms with Crippen LogP contribution in [0.25, 0.3) is 0 Å². The molecule has 0 aliphatic carbocycles. The Bertz CT molecular complexity index is 2350. The molecule has 80 heavy (non-hydrogen) atoms. The van der Waals surface area contributed by atoms with E-state index < -0.39 is 150 Å². The molecule has 0 bridgehead atoms. The summed E-state index contributed by atoms with van der Waals surface area (Å²) in [6, 6.07) is -2.18. The zero-order chi connectivity index (χ0) is 60.0. The number of Topliss-reactive ketones (excluding diaryl/α,β-unsaturated/α-hetero) is 1. The van der Waals surface area contributed by atoms with Gasteiger partial charge in [0.15, 0.2) is 11.9 Å². The summed E-state index contributed by atoms with van der Waals surface area (Å²) < 4.78 is 17.3. The van der Waals surface area contributed by atoms with Crippen LogP contribution in [0.1, 0.15) is 140 Å². The standard InChI is InChI=1S/C58H91N7O15/c1-15-33(7)47-45(67)30-46(68)80-50(34(8)16-2)49(69)35(9)51(70)59-40(27-31(3)4)55(74)65-26-18-20-42(65)57(76)63(13)44(29-38-21-23-39(78-14)24-22-38)58(77)79-37(11)48(53(72)60-47)61-52(71)43(28-32(5)6)62(12)56(75)41-19-17-25-64(41)54(73)36(10)66/h21-24,31-37,40-45,47-48,50,66-67H,15-20,25-30H2,1-14H3,(H,59,70)(H,60,72)(H,61,71)/t33-,34?,35-,36-,37+,40-,41-,42-,43+,44-,45-,47+,48-,50-/m0/s1. The number of nitrogens with one attached hydrogen (secondary N) is 3. The molecule has 1 unspecified atom stereocenters. The number of hydrogen-bond acceptors (Lipinski definition) is 15. The van der Waals surface area contributed by atoms with E-state index >= 15 is 4.79 Å². The van der Waals surface area contributed by atoms with Gasteiger partial charge in [-0.25, -0.2) is 4.79 Å². The number of methoxy groups -OCH3 is 1. The number of aliphatic hydroxyl groups is 2. The molecule has 3 heterocycles. The van der Waals surface area contributed by atoms with Crippen molar-refractivity contribution in [1.82, 2.24) is 35.6 Å². The topological polar surface area (TPSA) is 288 Å². The summed E-state index contributed by atoms with van der Waals surface area (Å²) in [4.78, 5) is 149. The number of cyclic esters (lactones) is 2. The van der Waals surface area contributed by atoms with Crippen LogP contribution in [0.2, 0.25) is 0 Å². The van der Waals surface area contributed by atoms with Crippen molar-refractivity contribution in [2.45, 2.75) is 207 Å². The Kier molecular flexibility index (Phi) is 24.9. The maximum Gasteiger partial charge on any atom is 0.329 e. The van der Waals surface area contributed by atoms with E-state index in [1.54, 1.807) is 52.0 Å². The van der Waals surface area contributed by atoms with Crippen LogP contribution in [0.15, 0.2) is 24.3 Å². The van der Waals surface area contributed by atoms with Gasteiger partial charge in [0.25, 0.3) is 5.91 Å². The number of ketones is 1. The smallest absolute Gasteiger partial charge is 0.329 e. The van der Waals surface area contributed by atoms with E-state index in [4.69, 9.17) is 14.2 Å². The molecule has 0 aromatic heterocycles. The molecule has 0 radical (unpaired) electrons. The Morgan fingerprint density at radius 3 is 2.04 bits per heavy atom. The summed E-state index contributed by atoms with van der Waals surface area (Å²) in [7, 11) is 4.30. The van der Waals surface area contributed by atoms with E-state index in [9.17, 15) is 53.4 Å². The van der Waals surface area contributed by atoms with Crippen molar-refractivity contribution < 1.29 is 72.4 Å². The SMILES string of the molecule is CCC(C)[C@@H]1OC(=O)C[C@H](O)[C@@H]([C@@H](C)CC)NC(=O)[C@@H](NC(=O)[C@@H](CC(C)C)N(C)C(=O)[C@@H]2CCCN2C(=O)[C@H](C)O)[C@@H](C)OC(=O)[C@H](Cc2ccc(OC)cc2)N(C)C(=O)[C@@H]2CCCN2C(=O)[C@H](CC(C)C)NC(=O)[C@@H](C)C1=O. The fraction of sp³-hybridized carbons (Fsp3) is 0.724. The minimum absolute atomic E-state index is 0.0723. The highest BCUT2D eigenvalue weighted by atomic mass is 16.6. The summed E-state index contributed by atoms with van der Waals surface area (Å²) in [6.07, 6.45) is -4.63. The molecule has 3 aliphatic heterocycles. The van der Waals surface area contributed by atoms with E-state index in [0.29, 0.717) is 37.0 Å². The Morgan fingerprint density at radius 2 is 1.46 bits per heavy atom. The van der Waals surface area contributed by atoms with Gasteiger partial charge in [-0.05, 0) is 101 Å². The average Bonchev–Trinajstić information content (AvgIpc) is 4.18. The zero-order valence-electron chi connectivity index (χ0n) is 49.5. The van der Waals surface area contributed by atoms with Gasteiger partial charge < -0.3 is 60.0 Å². The first kappa shape index (κ1) is 66.4. The molecule has 448 valence electrons. The lowest BCUT2D eigenvalue weighted by Crippen LogP contribution is -2.62. The molecular weight excluding hydrogens is 1030 g/mol. The number of rotatable bonds is 16. The monoisotopic (exact) mass is 1130 g/mol. The van der Waals surface area contributed by atoms with Crippen molar-refractivity contribution in [2.75, 3.05) is 34.3 Å². The van der Waals surface area contributed by atoms with Crippen LogP contribution >= 0.6 is 0 Å². The number of carbonyl (C=O) groups excluding carboxylic acids is 10. The predicted octanol–water partition coefficient (Wildman–Crippen LogP) is 2.71. The summed E-state index contributed by atoms with van der Waals surface area (Å²) in [5.74, 6) is -10.2. The molecule has 1 aromatic rings. The number of likely N-dealkylation sites (N-methyl/N-ethyl adjacent to an activating group) is 2. The molecule has 0 spiro atoms. The van der Waals surface area contributed by atoms with Crippen molar-refractivity contribution in [3.8, 4) is 5.75 Å². The number of fused-ring (bicyclic) bond motifs is 1. The Morgan fingerprint density at radius 1 is 0.838 bits per heavy atom. The molecule has 3 aliphatic rings. The van der Waals surface area contributed by atoms with Crippen LogP contribution in [-0.2, 0) is 63.8 Å². The van der Waals surface area contributed by atoms with Gasteiger partial charge in [0, 0.05) is 39.5 Å². The number of carbonyl (C=O) groups is 10. The lowest BCUT2D eigenvalue weighted by Gasteiger charge is -2.36. The van der Waals surface area contributed by atoms with Crippen LogP contribution < -0.4 is 20.7 Å². The summed E-state index contributed by atoms with van der Waals surface area (Å²) in [5, 5.41) is 30.3. The van der Waals surface area contributed by atoms with E-state index in [0.717, 1.165) is 0 Å². The molecule has 22 nitrogen and oxygen atoms in total. The lowest BCUT2D eigenvalue weighted by molar-refractivity contribution is -0.163. The second kappa shape index (κ2) is 30.1. The fourth-order valence-electron chi connectivity index (χ4n) is 10.7. The van der Waals surface area contributed by atoms with Gasteiger partial charge in [0.1, 0.15) is 54.2 Å². The predicted molar refractivity (Wildman–Crippen MR) is 295 cm³/mol. The summed E-state index contributed by atoms with van der Waals surface area (Å²) >= 11 is 0. The molecule has 5 N–H and O–H groups in total. The number of benzene rings is 1. The summed E-state index contributed by atoms with van der Waals surface area (Å²) in [5.41, 5.74) is 0.572. The molecule has 3 fully saturated rings. The van der Waals surface area contributed by atoms with Crippen molar-refractivity contribution in [3.63, 3.8) is 0 Å². The summed E-state index contributed by atoms with van der Waals surface area (Å²) in [6.45, 7) is 18.7. The molecular formula is C58H91N7O15. The quantitative estimate of drug-likeness (QED) is 0.118. The third-order valence-electron chi connectivity index (χ3n) is 16.0. The van der Waals surface area contributed by atoms with Crippen molar-refractivity contribution in [1.29, 1.82) is 0 Å². The first-order valence-electron chi connectivity index (χ1n) is 28.6. The van der Waals surface area contributed by atoms with E-state index in [1.807, 2.05) is 27.7 Å². The second-order valence-corrected chi connectivity index (χ2v) is 23.1. The van der Waals surface area contributed by atoms with Gasteiger partial charge in [-0.1, -0.05) is 73.9 Å². The van der Waals surface area contributed by atoms with Gasteiger partial charge in [-0.2, -0.15) is 0 Å². The van der Waals surface area contributed by atoms with E-state index in [1.165, 1.54) is 61.6 Å². The zero-order valence-corrected chi connectivity index (χ0v) is 49.5. The number of ether oxygens (including phenoxy) is 3. The fourth-order valence-corrected chi connectivity index (χ4v) is 10.7. The first-order valence-corrected chi connectivity index (χ1v) is 28.6. The van der Waals surface area contributed by atoms with E-state index in [2.05, 4.69) is 16.0 Å². The van der Waals surface area contributed by atoms with Crippen molar-refractivity contribution >= 4 is 59.1 Å². The lowest BCUT2D eigenvalue weighted by atomic mass is 9.90. The minimum Gasteiger partial charge on any atom is -0.497 e. The third kappa shape index (κ3) is 17.0. The van der Waals surface area contributed by atoms with Gasteiger partial charge in [0.2, 0.25) is 35.4 Å². The van der Waals surface area contributed by atoms with Crippen molar-refractivity contribution in [2.24, 2.45) is 29.6 Å². The van der Waals surface area contributed by atoms with Gasteiger partial charge in [0.05, 0.1) is 31.6 Å². The number of likely N-dealkylation sites (tertiary alicyclic amines) is 1. The highest BCUT2D eigenvalue weighted by molar-refractivity contribution is 6.05. The van der Waals surface area contributed by atoms with Gasteiger partial charge >= 0.3 is 11.9 Å². The molecule has 7 amide bonds. The van der Waals surface area contributed by atoms with Crippen LogP contribution in [0, 0.1) is 29.6 Å². The van der Waals surface area contributed by atoms with Crippen LogP contribution in [-0.4, -0.2) is 190 Å². The Hall–Kier alpha value is -6.16. The second-order valence-electron chi connectivity index (χ2n) is 23.1. The molecule has 1 aromatic carbocycles. The average molecular weight is 1130 g/mol. The molecule has 22 heteroatoms. The largest absolute Gasteiger partial charge is 0.497 e. The first-order chi connectivity index (χ1) is 37.6. The highest BCUT2D eigenvalue weighted by Crippen LogP contribution is 2.28. The van der Waals surface area contributed by atoms with Crippen molar-refractivity contribution in [3.05, 3.63) is 29.8 Å². The number of amides is 7.